The summed E-state index contributed by atoms with van der Waals surface area (Å²) in [6.45, 7) is 4.65. The third kappa shape index (κ3) is 3.89. The molecule has 4 nitrogen and oxygen atoms in total. The number of rotatable bonds is 4. The first-order valence-corrected chi connectivity index (χ1v) is 6.33. The van der Waals surface area contributed by atoms with Gasteiger partial charge in [0, 0.05) is 24.6 Å². The van der Waals surface area contributed by atoms with E-state index in [0.29, 0.717) is 0 Å². The number of carbonyl (C=O) groups excluding carboxylic acids is 1. The molecule has 1 aromatic carbocycles. The molecule has 96 valence electrons. The molecule has 2 rings (SSSR count). The summed E-state index contributed by atoms with van der Waals surface area (Å²) in [5.41, 5.74) is 8.05. The van der Waals surface area contributed by atoms with E-state index < -0.39 is 0 Å². The molecular weight excluding hydrogens is 226 g/mol. The van der Waals surface area contributed by atoms with Gasteiger partial charge in [0.25, 0.3) is 0 Å². The number of benzene rings is 1. The molecule has 0 spiro atoms. The van der Waals surface area contributed by atoms with Gasteiger partial charge in [-0.3, -0.25) is 10.2 Å². The Morgan fingerprint density at radius 1 is 1.33 bits per heavy atom. The molecule has 0 saturated heterocycles. The molecule has 3 N–H and O–H groups in total. The van der Waals surface area contributed by atoms with Gasteiger partial charge < -0.3 is 10.3 Å². The molecule has 1 amide bonds. The lowest BCUT2D eigenvalue weighted by molar-refractivity contribution is -0.909. The summed E-state index contributed by atoms with van der Waals surface area (Å²) in [6, 6.07) is 10.5. The number of nitrogens with one attached hydrogen (secondary N) is 3. The number of hydrogen-bond donors (Lipinski definition) is 3. The SMILES string of the molecule is CC(=O)NNC1=CC[NH+](Cc2ccccc2)CC1. The molecule has 1 atom stereocenters. The van der Waals surface area contributed by atoms with Crippen molar-refractivity contribution < 1.29 is 9.69 Å². The van der Waals surface area contributed by atoms with Gasteiger partial charge in [-0.1, -0.05) is 30.3 Å². The van der Waals surface area contributed by atoms with Crippen LogP contribution >= 0.6 is 0 Å². The Labute approximate surface area is 108 Å². The van der Waals surface area contributed by atoms with Gasteiger partial charge in [-0.15, -0.1) is 0 Å². The second kappa shape index (κ2) is 6.21. The van der Waals surface area contributed by atoms with Gasteiger partial charge in [-0.25, -0.2) is 0 Å². The Hall–Kier alpha value is -1.81. The maximum Gasteiger partial charge on any atom is 0.235 e. The van der Waals surface area contributed by atoms with Crippen LogP contribution in [-0.4, -0.2) is 19.0 Å². The van der Waals surface area contributed by atoms with E-state index in [1.54, 1.807) is 4.90 Å². The van der Waals surface area contributed by atoms with Gasteiger partial charge in [0.2, 0.25) is 5.91 Å². The predicted molar refractivity (Wildman–Crippen MR) is 70.5 cm³/mol. The largest absolute Gasteiger partial charge is 0.328 e. The first-order chi connectivity index (χ1) is 8.74. The van der Waals surface area contributed by atoms with E-state index in [9.17, 15) is 4.79 Å². The third-order valence-electron chi connectivity index (χ3n) is 3.08. The third-order valence-corrected chi connectivity index (χ3v) is 3.08. The zero-order chi connectivity index (χ0) is 12.8. The smallest absolute Gasteiger partial charge is 0.235 e. The topological polar surface area (TPSA) is 45.6 Å². The highest BCUT2D eigenvalue weighted by Crippen LogP contribution is 1.99. The number of amides is 1. The van der Waals surface area contributed by atoms with E-state index in [0.717, 1.165) is 31.8 Å². The van der Waals surface area contributed by atoms with Crippen LogP contribution in [0.4, 0.5) is 0 Å². The van der Waals surface area contributed by atoms with Crippen LogP contribution < -0.4 is 15.8 Å². The lowest BCUT2D eigenvalue weighted by Crippen LogP contribution is -3.11. The Morgan fingerprint density at radius 2 is 2.11 bits per heavy atom. The lowest BCUT2D eigenvalue weighted by atomic mass is 10.1. The minimum atomic E-state index is -0.0602. The summed E-state index contributed by atoms with van der Waals surface area (Å²) in [5.74, 6) is -0.0602. The van der Waals surface area contributed by atoms with Crippen LogP contribution in [-0.2, 0) is 11.3 Å². The molecule has 0 fully saturated rings. The Bertz CT molecular complexity index is 428. The fraction of sp³-hybridized carbons (Fsp3) is 0.357. The molecule has 18 heavy (non-hydrogen) atoms. The number of hydrazine groups is 1. The highest BCUT2D eigenvalue weighted by atomic mass is 16.2. The van der Waals surface area contributed by atoms with Crippen molar-refractivity contribution in [1.82, 2.24) is 10.9 Å². The van der Waals surface area contributed by atoms with Gasteiger partial charge in [-0.2, -0.15) is 0 Å². The fourth-order valence-electron chi connectivity index (χ4n) is 2.11. The second-order valence-electron chi connectivity index (χ2n) is 4.65. The molecule has 1 heterocycles. The molecule has 1 unspecified atom stereocenters. The van der Waals surface area contributed by atoms with Crippen LogP contribution in [0.3, 0.4) is 0 Å². The molecule has 0 bridgehead atoms. The van der Waals surface area contributed by atoms with Crippen LogP contribution in [0.1, 0.15) is 18.9 Å². The molecule has 1 aliphatic rings. The van der Waals surface area contributed by atoms with Gasteiger partial charge in [-0.05, 0) is 6.08 Å². The molecule has 1 aliphatic heterocycles. The minimum absolute atomic E-state index is 0.0602. The van der Waals surface area contributed by atoms with Crippen LogP contribution in [0.2, 0.25) is 0 Å². The molecule has 0 saturated carbocycles. The average Bonchev–Trinajstić information content (AvgIpc) is 2.39. The van der Waals surface area contributed by atoms with Crippen LogP contribution in [0.5, 0.6) is 0 Å². The highest BCUT2D eigenvalue weighted by Gasteiger charge is 2.14. The summed E-state index contributed by atoms with van der Waals surface area (Å²) in [7, 11) is 0. The van der Waals surface area contributed by atoms with Crippen molar-refractivity contribution in [1.29, 1.82) is 0 Å². The monoisotopic (exact) mass is 246 g/mol. The quantitative estimate of drug-likeness (QED) is 0.655. The van der Waals surface area contributed by atoms with Crippen molar-refractivity contribution in [3.05, 3.63) is 47.7 Å². The second-order valence-corrected chi connectivity index (χ2v) is 4.65. The van der Waals surface area contributed by atoms with Crippen molar-refractivity contribution in [2.45, 2.75) is 19.9 Å². The highest BCUT2D eigenvalue weighted by molar-refractivity contribution is 5.72. The standard InChI is InChI=1S/C14H19N3O/c1-12(18)15-16-14-7-9-17(10-8-14)11-13-5-3-2-4-6-13/h2-7,16H,8-11H2,1H3,(H,15,18)/p+1. The van der Waals surface area contributed by atoms with Crippen molar-refractivity contribution in [3.63, 3.8) is 0 Å². The van der Waals surface area contributed by atoms with Crippen molar-refractivity contribution in [3.8, 4) is 0 Å². The van der Waals surface area contributed by atoms with E-state index in [1.807, 2.05) is 6.07 Å². The maximum atomic E-state index is 10.8. The van der Waals surface area contributed by atoms with Crippen molar-refractivity contribution in [2.24, 2.45) is 0 Å². The number of carbonyl (C=O) groups is 1. The first kappa shape index (κ1) is 12.6. The zero-order valence-electron chi connectivity index (χ0n) is 10.7. The van der Waals surface area contributed by atoms with Crippen molar-refractivity contribution >= 4 is 5.91 Å². The average molecular weight is 246 g/mol. The van der Waals surface area contributed by atoms with Crippen LogP contribution in [0, 0.1) is 0 Å². The maximum absolute atomic E-state index is 10.8. The Morgan fingerprint density at radius 3 is 2.72 bits per heavy atom. The first-order valence-electron chi connectivity index (χ1n) is 6.33. The Kier molecular flexibility index (Phi) is 4.36. The number of quaternary nitrogens is 1. The predicted octanol–water partition coefficient (Wildman–Crippen LogP) is -0.000200. The van der Waals surface area contributed by atoms with Crippen LogP contribution in [0.25, 0.3) is 0 Å². The van der Waals surface area contributed by atoms with E-state index in [2.05, 4.69) is 41.2 Å². The van der Waals surface area contributed by atoms with Gasteiger partial charge in [0.1, 0.15) is 6.54 Å². The summed E-state index contributed by atoms with van der Waals surface area (Å²) in [6.07, 6.45) is 3.14. The molecule has 4 heteroatoms. The number of hydrogen-bond acceptors (Lipinski definition) is 2. The van der Waals surface area contributed by atoms with Crippen LogP contribution in [0.15, 0.2) is 42.1 Å². The normalized spacial score (nSPS) is 18.9. The van der Waals surface area contributed by atoms with Gasteiger partial charge >= 0.3 is 0 Å². The van der Waals surface area contributed by atoms with E-state index in [1.165, 1.54) is 12.5 Å². The van der Waals surface area contributed by atoms with E-state index >= 15 is 0 Å². The summed E-state index contributed by atoms with van der Waals surface area (Å²) in [5, 5.41) is 0. The van der Waals surface area contributed by atoms with E-state index in [-0.39, 0.29) is 5.91 Å². The zero-order valence-corrected chi connectivity index (χ0v) is 10.7. The molecule has 0 aromatic heterocycles. The van der Waals surface area contributed by atoms with Gasteiger partial charge in [0.15, 0.2) is 0 Å². The molecular formula is C14H20N3O+. The molecule has 1 aromatic rings. The summed E-state index contributed by atoms with van der Waals surface area (Å²) < 4.78 is 0. The van der Waals surface area contributed by atoms with E-state index in [4.69, 9.17) is 0 Å². The summed E-state index contributed by atoms with van der Waals surface area (Å²) in [4.78, 5) is 12.3. The van der Waals surface area contributed by atoms with Crippen molar-refractivity contribution in [2.75, 3.05) is 13.1 Å². The van der Waals surface area contributed by atoms with Gasteiger partial charge in [0.05, 0.1) is 13.1 Å². The minimum Gasteiger partial charge on any atom is -0.328 e. The lowest BCUT2D eigenvalue weighted by Gasteiger charge is -2.24. The molecule has 0 radical (unpaired) electrons. The summed E-state index contributed by atoms with van der Waals surface area (Å²) >= 11 is 0. The Balaban J connectivity index is 1.81. The fourth-order valence-corrected chi connectivity index (χ4v) is 2.11. The molecule has 0 aliphatic carbocycles.